The number of rotatable bonds is 5. The molecule has 0 N–H and O–H groups in total. The fourth-order valence-corrected chi connectivity index (χ4v) is 1.08. The van der Waals surface area contributed by atoms with Gasteiger partial charge in [-0.1, -0.05) is 42.4 Å². The van der Waals surface area contributed by atoms with Crippen molar-refractivity contribution in [2.24, 2.45) is 5.16 Å². The van der Waals surface area contributed by atoms with Crippen molar-refractivity contribution < 1.29 is 9.63 Å². The van der Waals surface area contributed by atoms with Crippen LogP contribution in [0.4, 0.5) is 0 Å². The molecule has 15 heavy (non-hydrogen) atoms. The van der Waals surface area contributed by atoms with Crippen molar-refractivity contribution in [3.8, 4) is 0 Å². The first-order valence-electron chi connectivity index (χ1n) is 4.97. The van der Waals surface area contributed by atoms with Gasteiger partial charge in [0.2, 0.25) is 0 Å². The number of ketones is 1. The highest BCUT2D eigenvalue weighted by atomic mass is 16.6. The zero-order chi connectivity index (χ0) is 11.1. The van der Waals surface area contributed by atoms with E-state index in [4.69, 9.17) is 4.84 Å². The summed E-state index contributed by atoms with van der Waals surface area (Å²) in [5, 5.41) is 3.76. The van der Waals surface area contributed by atoms with E-state index in [1.165, 1.54) is 0 Å². The van der Waals surface area contributed by atoms with Crippen LogP contribution in [0.1, 0.15) is 25.8 Å². The summed E-state index contributed by atoms with van der Waals surface area (Å²) in [5.74, 6) is 0.0167. The lowest BCUT2D eigenvalue weighted by Gasteiger charge is -2.00. The molecule has 0 heterocycles. The van der Waals surface area contributed by atoms with Gasteiger partial charge >= 0.3 is 0 Å². The zero-order valence-electron chi connectivity index (χ0n) is 9.06. The van der Waals surface area contributed by atoms with Crippen molar-refractivity contribution in [3.63, 3.8) is 0 Å². The Morgan fingerprint density at radius 3 is 2.60 bits per heavy atom. The lowest BCUT2D eigenvalue weighted by atomic mass is 10.2. The van der Waals surface area contributed by atoms with Crippen molar-refractivity contribution in [1.82, 2.24) is 0 Å². The lowest BCUT2D eigenvalue weighted by Crippen LogP contribution is -2.08. The van der Waals surface area contributed by atoms with Crippen LogP contribution in [0.15, 0.2) is 35.5 Å². The average molecular weight is 205 g/mol. The van der Waals surface area contributed by atoms with Crippen molar-refractivity contribution >= 4 is 11.5 Å². The van der Waals surface area contributed by atoms with E-state index >= 15 is 0 Å². The van der Waals surface area contributed by atoms with Crippen LogP contribution in [0.3, 0.4) is 0 Å². The monoisotopic (exact) mass is 205 g/mol. The molecule has 0 bridgehead atoms. The number of benzene rings is 1. The molecule has 80 valence electrons. The zero-order valence-corrected chi connectivity index (χ0v) is 9.06. The van der Waals surface area contributed by atoms with Crippen molar-refractivity contribution in [1.29, 1.82) is 0 Å². The highest BCUT2D eigenvalue weighted by Gasteiger charge is 2.02. The van der Waals surface area contributed by atoms with Crippen molar-refractivity contribution in [2.75, 3.05) is 0 Å². The minimum Gasteiger partial charge on any atom is -0.391 e. The Hall–Kier alpha value is -1.64. The molecule has 1 aromatic carbocycles. The van der Waals surface area contributed by atoms with Crippen LogP contribution in [-0.2, 0) is 16.2 Å². The molecule has 3 heteroatoms. The van der Waals surface area contributed by atoms with E-state index in [1.807, 2.05) is 30.3 Å². The SMILES string of the molecule is CCC(=O)C(C)=NOCc1ccccc1. The first kappa shape index (κ1) is 11.4. The molecule has 0 fully saturated rings. The maximum Gasteiger partial charge on any atom is 0.179 e. The largest absolute Gasteiger partial charge is 0.391 e. The molecule has 0 unspecified atom stereocenters. The predicted molar refractivity (Wildman–Crippen MR) is 59.6 cm³/mol. The summed E-state index contributed by atoms with van der Waals surface area (Å²) in [7, 11) is 0. The molecule has 0 radical (unpaired) electrons. The number of carbonyl (C=O) groups excluding carboxylic acids is 1. The van der Waals surface area contributed by atoms with E-state index in [0.29, 0.717) is 18.7 Å². The number of Topliss-reactive ketones (excluding diaryl/α,β-unsaturated/α-hetero) is 1. The number of hydrogen-bond acceptors (Lipinski definition) is 3. The Labute approximate surface area is 89.7 Å². The van der Waals surface area contributed by atoms with Gasteiger partial charge in [0.1, 0.15) is 12.3 Å². The Kier molecular flexibility index (Phi) is 4.54. The van der Waals surface area contributed by atoms with E-state index in [0.717, 1.165) is 5.56 Å². The minimum atomic E-state index is 0.0167. The Bertz CT molecular complexity index is 344. The average Bonchev–Trinajstić information content (AvgIpc) is 2.29. The van der Waals surface area contributed by atoms with Crippen LogP contribution in [0.5, 0.6) is 0 Å². The molecule has 1 aromatic rings. The number of carbonyl (C=O) groups is 1. The van der Waals surface area contributed by atoms with Gasteiger partial charge < -0.3 is 4.84 Å². The fraction of sp³-hybridized carbons (Fsp3) is 0.333. The molecule has 0 atom stereocenters. The third-order valence-corrected chi connectivity index (χ3v) is 2.00. The van der Waals surface area contributed by atoms with Crippen molar-refractivity contribution in [3.05, 3.63) is 35.9 Å². The van der Waals surface area contributed by atoms with Gasteiger partial charge in [-0.2, -0.15) is 0 Å². The summed E-state index contributed by atoms with van der Waals surface area (Å²) in [5.41, 5.74) is 1.46. The molecule has 3 nitrogen and oxygen atoms in total. The molecular weight excluding hydrogens is 190 g/mol. The summed E-state index contributed by atoms with van der Waals surface area (Å²) in [4.78, 5) is 16.2. The van der Waals surface area contributed by atoms with Gasteiger partial charge in [-0.3, -0.25) is 4.79 Å². The van der Waals surface area contributed by atoms with Crippen LogP contribution in [0.2, 0.25) is 0 Å². The van der Waals surface area contributed by atoms with E-state index in [9.17, 15) is 4.79 Å². The molecule has 1 rings (SSSR count). The predicted octanol–water partition coefficient (Wildman–Crippen LogP) is 2.56. The van der Waals surface area contributed by atoms with Gasteiger partial charge in [0.05, 0.1) is 0 Å². The Balaban J connectivity index is 2.42. The highest BCUT2D eigenvalue weighted by molar-refractivity contribution is 6.38. The first-order valence-corrected chi connectivity index (χ1v) is 4.97. The van der Waals surface area contributed by atoms with E-state index in [1.54, 1.807) is 13.8 Å². The summed E-state index contributed by atoms with van der Waals surface area (Å²) in [6, 6.07) is 9.72. The third kappa shape index (κ3) is 3.94. The molecule has 0 aromatic heterocycles. The minimum absolute atomic E-state index is 0.0167. The maximum absolute atomic E-state index is 11.1. The van der Waals surface area contributed by atoms with Gasteiger partial charge in [-0.25, -0.2) is 0 Å². The van der Waals surface area contributed by atoms with E-state index in [-0.39, 0.29) is 5.78 Å². The van der Waals surface area contributed by atoms with Gasteiger partial charge in [-0.05, 0) is 12.5 Å². The highest BCUT2D eigenvalue weighted by Crippen LogP contribution is 2.01. The van der Waals surface area contributed by atoms with Gasteiger partial charge in [0, 0.05) is 6.42 Å². The summed E-state index contributed by atoms with van der Waals surface area (Å²) in [6.07, 6.45) is 0.462. The molecule has 0 saturated heterocycles. The number of hydrogen-bond donors (Lipinski definition) is 0. The second-order valence-electron chi connectivity index (χ2n) is 3.21. The summed E-state index contributed by atoms with van der Waals surface area (Å²) >= 11 is 0. The van der Waals surface area contributed by atoms with Gasteiger partial charge in [0.25, 0.3) is 0 Å². The summed E-state index contributed by atoms with van der Waals surface area (Å²) < 4.78 is 0. The van der Waals surface area contributed by atoms with Gasteiger partial charge in [0.15, 0.2) is 5.78 Å². The summed E-state index contributed by atoms with van der Waals surface area (Å²) in [6.45, 7) is 3.87. The number of nitrogens with zero attached hydrogens (tertiary/aromatic N) is 1. The topological polar surface area (TPSA) is 38.7 Å². The number of oxime groups is 1. The van der Waals surface area contributed by atoms with Crippen LogP contribution < -0.4 is 0 Å². The molecule has 0 amide bonds. The quantitative estimate of drug-likeness (QED) is 0.547. The maximum atomic E-state index is 11.1. The Morgan fingerprint density at radius 2 is 2.00 bits per heavy atom. The molecule has 0 aliphatic rings. The normalized spacial score (nSPS) is 11.2. The molecule has 0 saturated carbocycles. The Morgan fingerprint density at radius 1 is 1.33 bits per heavy atom. The smallest absolute Gasteiger partial charge is 0.179 e. The van der Waals surface area contributed by atoms with Crippen LogP contribution in [0.25, 0.3) is 0 Å². The first-order chi connectivity index (χ1) is 7.24. The van der Waals surface area contributed by atoms with Crippen molar-refractivity contribution in [2.45, 2.75) is 26.9 Å². The molecular formula is C12H15NO2. The van der Waals surface area contributed by atoms with Crippen LogP contribution in [-0.4, -0.2) is 11.5 Å². The van der Waals surface area contributed by atoms with E-state index in [2.05, 4.69) is 5.16 Å². The molecule has 0 aliphatic heterocycles. The van der Waals surface area contributed by atoms with Gasteiger partial charge in [-0.15, -0.1) is 0 Å². The van der Waals surface area contributed by atoms with Crippen LogP contribution in [0, 0.1) is 0 Å². The molecule has 0 spiro atoms. The third-order valence-electron chi connectivity index (χ3n) is 2.00. The fourth-order valence-electron chi connectivity index (χ4n) is 1.08. The second kappa shape index (κ2) is 5.96. The van der Waals surface area contributed by atoms with E-state index < -0.39 is 0 Å². The van der Waals surface area contributed by atoms with Crippen LogP contribution >= 0.6 is 0 Å². The standard InChI is InChI=1S/C12H15NO2/c1-3-12(14)10(2)13-15-9-11-7-5-4-6-8-11/h4-8H,3,9H2,1-2H3. The lowest BCUT2D eigenvalue weighted by molar-refractivity contribution is -0.112. The second-order valence-corrected chi connectivity index (χ2v) is 3.21. The molecule has 0 aliphatic carbocycles.